The topological polar surface area (TPSA) is 86.8 Å². The number of hydrogen-bond acceptors (Lipinski definition) is 4. The maximum atomic E-state index is 13.7. The Labute approximate surface area is 218 Å². The minimum atomic E-state index is -3.92. The smallest absolute Gasteiger partial charge is 0.244 e. The van der Waals surface area contributed by atoms with Crippen LogP contribution in [0.2, 0.25) is 5.02 Å². The van der Waals surface area contributed by atoms with Gasteiger partial charge in [-0.2, -0.15) is 0 Å². The molecule has 0 unspecified atom stereocenters. The van der Waals surface area contributed by atoms with Gasteiger partial charge in [-0.25, -0.2) is 12.8 Å². The summed E-state index contributed by atoms with van der Waals surface area (Å²) in [6.45, 7) is 1.15. The maximum Gasteiger partial charge on any atom is 0.244 e. The minimum absolute atomic E-state index is 0.0534. The molecule has 1 aliphatic carbocycles. The van der Waals surface area contributed by atoms with Crippen LogP contribution >= 0.6 is 27.5 Å². The molecule has 1 saturated carbocycles. The molecule has 35 heavy (non-hydrogen) atoms. The second kappa shape index (κ2) is 11.7. The van der Waals surface area contributed by atoms with Crippen LogP contribution in [0.1, 0.15) is 38.2 Å². The molecule has 3 rings (SSSR count). The van der Waals surface area contributed by atoms with Crippen LogP contribution in [0.5, 0.6) is 0 Å². The highest BCUT2D eigenvalue weighted by Crippen LogP contribution is 2.25. The van der Waals surface area contributed by atoms with Crippen molar-refractivity contribution in [1.29, 1.82) is 0 Å². The molecular weight excluding hydrogens is 561 g/mol. The highest BCUT2D eigenvalue weighted by Gasteiger charge is 2.31. The third-order valence-corrected chi connectivity index (χ3v) is 7.90. The van der Waals surface area contributed by atoms with Crippen molar-refractivity contribution in [1.82, 2.24) is 10.2 Å². The first kappa shape index (κ1) is 27.4. The van der Waals surface area contributed by atoms with Crippen molar-refractivity contribution in [2.75, 3.05) is 17.1 Å². The molecular formula is C24H28BrClFN3O4S. The third-order valence-electron chi connectivity index (χ3n) is 5.98. The van der Waals surface area contributed by atoms with E-state index >= 15 is 0 Å². The van der Waals surface area contributed by atoms with Crippen LogP contribution in [0.25, 0.3) is 0 Å². The summed E-state index contributed by atoms with van der Waals surface area (Å²) in [5.74, 6) is -1.58. The standard InChI is InChI=1S/C24H28BrClFN3O4S/c1-16(24(32)28-19-8-3-4-9-19)29(14-17-6-5-7-18(25)12-17)23(31)15-30(35(2,33)34)20-10-11-22(27)21(26)13-20/h5-7,10-13,16,19H,3-4,8-9,14-15H2,1-2H3,(H,28,32)/t16-/m1/s1. The molecule has 0 radical (unpaired) electrons. The molecule has 1 fully saturated rings. The number of rotatable bonds is 9. The number of sulfonamides is 1. The van der Waals surface area contributed by atoms with E-state index < -0.39 is 34.3 Å². The zero-order valence-corrected chi connectivity index (χ0v) is 22.7. The van der Waals surface area contributed by atoms with Crippen LogP contribution in [0.4, 0.5) is 10.1 Å². The van der Waals surface area contributed by atoms with Gasteiger partial charge < -0.3 is 10.2 Å². The first-order valence-electron chi connectivity index (χ1n) is 11.2. The predicted octanol–water partition coefficient (Wildman–Crippen LogP) is 4.48. The van der Waals surface area contributed by atoms with Gasteiger partial charge in [0.25, 0.3) is 0 Å². The van der Waals surface area contributed by atoms with Crippen LogP contribution in [0.3, 0.4) is 0 Å². The van der Waals surface area contributed by atoms with E-state index in [0.29, 0.717) is 0 Å². The van der Waals surface area contributed by atoms with Crippen LogP contribution in [-0.2, 0) is 26.2 Å². The van der Waals surface area contributed by atoms with Gasteiger partial charge in [-0.1, -0.05) is 52.5 Å². The second-order valence-electron chi connectivity index (χ2n) is 8.69. The van der Waals surface area contributed by atoms with Gasteiger partial charge in [0.05, 0.1) is 17.0 Å². The summed E-state index contributed by atoms with van der Waals surface area (Å²) in [4.78, 5) is 27.9. The van der Waals surface area contributed by atoms with Gasteiger partial charge in [-0.15, -0.1) is 0 Å². The predicted molar refractivity (Wildman–Crippen MR) is 138 cm³/mol. The van der Waals surface area contributed by atoms with Crippen molar-refractivity contribution >= 4 is 55.1 Å². The Morgan fingerprint density at radius 1 is 1.20 bits per heavy atom. The molecule has 11 heteroatoms. The maximum absolute atomic E-state index is 13.7. The fourth-order valence-corrected chi connectivity index (χ4v) is 5.52. The molecule has 0 spiro atoms. The second-order valence-corrected chi connectivity index (χ2v) is 11.9. The van der Waals surface area contributed by atoms with Crippen LogP contribution in [0.15, 0.2) is 46.9 Å². The normalized spacial score (nSPS) is 15.0. The summed E-state index contributed by atoms with van der Waals surface area (Å²) in [6, 6.07) is 9.96. The number of anilines is 1. The van der Waals surface area contributed by atoms with Crippen molar-refractivity contribution in [3.63, 3.8) is 0 Å². The average molecular weight is 589 g/mol. The summed E-state index contributed by atoms with van der Waals surface area (Å²) in [7, 11) is -3.92. The zero-order valence-electron chi connectivity index (χ0n) is 19.5. The minimum Gasteiger partial charge on any atom is -0.352 e. The SMILES string of the molecule is C[C@H](C(=O)NC1CCCC1)N(Cc1cccc(Br)c1)C(=O)CN(c1ccc(F)c(Cl)c1)S(C)(=O)=O. The number of hydrogen-bond donors (Lipinski definition) is 1. The van der Waals surface area contributed by atoms with E-state index in [1.807, 2.05) is 24.3 Å². The lowest BCUT2D eigenvalue weighted by Gasteiger charge is -2.32. The van der Waals surface area contributed by atoms with Crippen molar-refractivity contribution in [3.8, 4) is 0 Å². The molecule has 190 valence electrons. The van der Waals surface area contributed by atoms with Crippen LogP contribution in [0, 0.1) is 5.82 Å². The van der Waals surface area contributed by atoms with E-state index in [0.717, 1.165) is 58.4 Å². The van der Waals surface area contributed by atoms with E-state index in [1.165, 1.54) is 11.0 Å². The molecule has 1 N–H and O–H groups in total. The fraction of sp³-hybridized carbons (Fsp3) is 0.417. The summed E-state index contributed by atoms with van der Waals surface area (Å²) < 4.78 is 40.4. The first-order valence-corrected chi connectivity index (χ1v) is 14.2. The van der Waals surface area contributed by atoms with E-state index in [1.54, 1.807) is 6.92 Å². The number of carbonyl (C=O) groups excluding carboxylic acids is 2. The van der Waals surface area contributed by atoms with Gasteiger partial charge in [0.1, 0.15) is 18.4 Å². The molecule has 0 aromatic heterocycles. The molecule has 0 aliphatic heterocycles. The number of halogens is 3. The molecule has 0 bridgehead atoms. The van der Waals surface area contributed by atoms with Crippen molar-refractivity contribution in [3.05, 3.63) is 63.3 Å². The Hall–Kier alpha value is -2.17. The molecule has 0 heterocycles. The Balaban J connectivity index is 1.89. The van der Waals surface area contributed by atoms with Crippen molar-refractivity contribution < 1.29 is 22.4 Å². The lowest BCUT2D eigenvalue weighted by atomic mass is 10.1. The quantitative estimate of drug-likeness (QED) is 0.468. The molecule has 1 atom stereocenters. The fourth-order valence-electron chi connectivity index (χ4n) is 4.06. The van der Waals surface area contributed by atoms with Gasteiger partial charge in [0, 0.05) is 17.1 Å². The van der Waals surface area contributed by atoms with Crippen LogP contribution in [-0.4, -0.2) is 50.0 Å². The lowest BCUT2D eigenvalue weighted by Crippen LogP contribution is -2.52. The average Bonchev–Trinajstić information content (AvgIpc) is 3.29. The summed E-state index contributed by atoms with van der Waals surface area (Å²) >= 11 is 9.26. The number of benzene rings is 2. The van der Waals surface area contributed by atoms with E-state index in [2.05, 4.69) is 21.2 Å². The lowest BCUT2D eigenvalue weighted by molar-refractivity contribution is -0.139. The molecule has 0 saturated heterocycles. The third kappa shape index (κ3) is 7.41. The largest absolute Gasteiger partial charge is 0.352 e. The van der Waals surface area contributed by atoms with Gasteiger partial charge in [-0.05, 0) is 55.7 Å². The Morgan fingerprint density at radius 2 is 1.89 bits per heavy atom. The highest BCUT2D eigenvalue weighted by molar-refractivity contribution is 9.10. The Bertz CT molecular complexity index is 1190. The number of amides is 2. The summed E-state index contributed by atoms with van der Waals surface area (Å²) in [6.07, 6.45) is 4.83. The van der Waals surface area contributed by atoms with Crippen LogP contribution < -0.4 is 9.62 Å². The Kier molecular flexibility index (Phi) is 9.17. The first-order chi connectivity index (χ1) is 16.5. The molecule has 2 aromatic carbocycles. The van der Waals surface area contributed by atoms with Gasteiger partial charge in [-0.3, -0.25) is 13.9 Å². The molecule has 2 aromatic rings. The number of nitrogens with one attached hydrogen (secondary N) is 1. The van der Waals surface area contributed by atoms with E-state index in [-0.39, 0.29) is 29.2 Å². The molecule has 1 aliphatic rings. The molecule has 7 nitrogen and oxygen atoms in total. The van der Waals surface area contributed by atoms with Gasteiger partial charge >= 0.3 is 0 Å². The Morgan fingerprint density at radius 3 is 2.49 bits per heavy atom. The summed E-state index contributed by atoms with van der Waals surface area (Å²) in [5, 5.41) is 2.74. The van der Waals surface area contributed by atoms with Crippen molar-refractivity contribution in [2.24, 2.45) is 0 Å². The van der Waals surface area contributed by atoms with E-state index in [4.69, 9.17) is 11.6 Å². The zero-order chi connectivity index (χ0) is 25.8. The molecule has 2 amide bonds. The van der Waals surface area contributed by atoms with Gasteiger partial charge in [0.2, 0.25) is 21.8 Å². The summed E-state index contributed by atoms with van der Waals surface area (Å²) in [5.41, 5.74) is 0.821. The van der Waals surface area contributed by atoms with Crippen molar-refractivity contribution in [2.45, 2.75) is 51.2 Å². The highest BCUT2D eigenvalue weighted by atomic mass is 79.9. The van der Waals surface area contributed by atoms with Gasteiger partial charge in [0.15, 0.2) is 0 Å². The number of carbonyl (C=O) groups is 2. The number of nitrogens with zero attached hydrogens (tertiary/aromatic N) is 2. The van der Waals surface area contributed by atoms with E-state index in [9.17, 15) is 22.4 Å². The monoisotopic (exact) mass is 587 g/mol.